The summed E-state index contributed by atoms with van der Waals surface area (Å²) in [4.78, 5) is 10.2. The van der Waals surface area contributed by atoms with Gasteiger partial charge >= 0.3 is 0 Å². The van der Waals surface area contributed by atoms with Gasteiger partial charge < -0.3 is 14.6 Å². The largest absolute Gasteiger partial charge is 0.454 e. The smallest absolute Gasteiger partial charge is 0.231 e. The molecule has 7 nitrogen and oxygen atoms in total. The number of hydrogen-bond acceptors (Lipinski definition) is 7. The standard InChI is InChI=1S/C19H14N4O3S/c24-17(12-1-2-14-15(7-12)26-10-25-14)13-8-16(11-3-5-20-6-4-11)27-18(13)19-21-9-22-23-19/h1-9,17,24H,10H2,(H,21,22,23). The van der Waals surface area contributed by atoms with E-state index in [-0.39, 0.29) is 6.79 Å². The van der Waals surface area contributed by atoms with Crippen LogP contribution in [0.15, 0.2) is 55.1 Å². The van der Waals surface area contributed by atoms with Gasteiger partial charge in [-0.1, -0.05) is 6.07 Å². The van der Waals surface area contributed by atoms with E-state index in [0.29, 0.717) is 17.3 Å². The summed E-state index contributed by atoms with van der Waals surface area (Å²) < 4.78 is 10.8. The molecular formula is C19H14N4O3S. The van der Waals surface area contributed by atoms with Gasteiger partial charge in [0.15, 0.2) is 17.3 Å². The lowest BCUT2D eigenvalue weighted by molar-refractivity contribution is 0.173. The molecule has 8 heteroatoms. The molecule has 4 aromatic rings. The fourth-order valence-corrected chi connectivity index (χ4v) is 4.17. The van der Waals surface area contributed by atoms with Crippen molar-refractivity contribution in [3.8, 4) is 32.6 Å². The topological polar surface area (TPSA) is 93.2 Å². The second-order valence-corrected chi connectivity index (χ2v) is 7.03. The van der Waals surface area contributed by atoms with E-state index >= 15 is 0 Å². The summed E-state index contributed by atoms with van der Waals surface area (Å²) in [6, 6.07) is 11.3. The predicted octanol–water partition coefficient (Wildman–Crippen LogP) is 3.41. The van der Waals surface area contributed by atoms with Gasteiger partial charge in [0.2, 0.25) is 6.79 Å². The number of aliphatic hydroxyl groups is 1. The summed E-state index contributed by atoms with van der Waals surface area (Å²) in [5.41, 5.74) is 2.50. The molecule has 2 N–H and O–H groups in total. The first kappa shape index (κ1) is 16.0. The summed E-state index contributed by atoms with van der Waals surface area (Å²) >= 11 is 1.54. The van der Waals surface area contributed by atoms with Crippen molar-refractivity contribution in [2.24, 2.45) is 0 Å². The van der Waals surface area contributed by atoms with Gasteiger partial charge in [0, 0.05) is 22.8 Å². The van der Waals surface area contributed by atoms with Gasteiger partial charge in [-0.05, 0) is 41.5 Å². The molecule has 1 aromatic carbocycles. The van der Waals surface area contributed by atoms with Crippen molar-refractivity contribution < 1.29 is 14.6 Å². The maximum Gasteiger partial charge on any atom is 0.231 e. The maximum atomic E-state index is 11.1. The molecule has 134 valence electrons. The van der Waals surface area contributed by atoms with Crippen molar-refractivity contribution in [3.05, 3.63) is 66.2 Å². The molecule has 27 heavy (non-hydrogen) atoms. The number of H-pyrrole nitrogens is 1. The first-order chi connectivity index (χ1) is 13.3. The predicted molar refractivity (Wildman–Crippen MR) is 99.6 cm³/mol. The van der Waals surface area contributed by atoms with Crippen LogP contribution in [0.1, 0.15) is 17.2 Å². The molecule has 0 amide bonds. The minimum Gasteiger partial charge on any atom is -0.454 e. The normalized spacial score (nSPS) is 13.7. The molecule has 3 aromatic heterocycles. The number of benzene rings is 1. The van der Waals surface area contributed by atoms with E-state index in [2.05, 4.69) is 20.2 Å². The Labute approximate surface area is 158 Å². The molecule has 1 atom stereocenters. The Balaban J connectivity index is 1.61. The lowest BCUT2D eigenvalue weighted by Gasteiger charge is -2.12. The first-order valence-electron chi connectivity index (χ1n) is 8.27. The summed E-state index contributed by atoms with van der Waals surface area (Å²) in [5, 5.41) is 17.9. The van der Waals surface area contributed by atoms with Crippen molar-refractivity contribution in [2.45, 2.75) is 6.10 Å². The maximum absolute atomic E-state index is 11.1. The molecule has 0 saturated heterocycles. The molecule has 0 spiro atoms. The van der Waals surface area contributed by atoms with Gasteiger partial charge in [-0.25, -0.2) is 4.98 Å². The fourth-order valence-electron chi connectivity index (χ4n) is 3.03. The fraction of sp³-hybridized carbons (Fsp3) is 0.105. The van der Waals surface area contributed by atoms with Crippen molar-refractivity contribution in [1.29, 1.82) is 0 Å². The SMILES string of the molecule is OC(c1ccc2c(c1)OCO2)c1cc(-c2ccncc2)sc1-c1ncn[nH]1. The number of nitrogens with zero attached hydrogens (tertiary/aromatic N) is 3. The molecule has 0 fully saturated rings. The lowest BCUT2D eigenvalue weighted by Crippen LogP contribution is -2.00. The van der Waals surface area contributed by atoms with Crippen LogP contribution in [0, 0.1) is 0 Å². The molecule has 0 radical (unpaired) electrons. The van der Waals surface area contributed by atoms with Gasteiger partial charge in [0.25, 0.3) is 0 Å². The number of ether oxygens (including phenoxy) is 2. The van der Waals surface area contributed by atoms with Crippen LogP contribution >= 0.6 is 11.3 Å². The number of aromatic amines is 1. The molecule has 1 aliphatic heterocycles. The zero-order valence-corrected chi connectivity index (χ0v) is 14.8. The van der Waals surface area contributed by atoms with Gasteiger partial charge in [0.05, 0.1) is 4.88 Å². The Morgan fingerprint density at radius 2 is 1.93 bits per heavy atom. The van der Waals surface area contributed by atoms with Gasteiger partial charge in [-0.3, -0.25) is 10.1 Å². The summed E-state index contributed by atoms with van der Waals surface area (Å²) in [6.45, 7) is 0.197. The molecule has 1 unspecified atom stereocenters. The highest BCUT2D eigenvalue weighted by molar-refractivity contribution is 7.19. The van der Waals surface area contributed by atoms with Gasteiger partial charge in [0.1, 0.15) is 12.4 Å². The van der Waals surface area contributed by atoms with E-state index in [4.69, 9.17) is 9.47 Å². The molecule has 0 aliphatic carbocycles. The quantitative estimate of drug-likeness (QED) is 0.565. The van der Waals surface area contributed by atoms with E-state index in [9.17, 15) is 5.11 Å². The number of pyridine rings is 1. The van der Waals surface area contributed by atoms with E-state index in [1.807, 2.05) is 30.3 Å². The summed E-state index contributed by atoms with van der Waals surface area (Å²) in [5.74, 6) is 1.94. The van der Waals surface area contributed by atoms with Gasteiger partial charge in [-0.2, -0.15) is 5.10 Å². The average Bonchev–Trinajstić information content (AvgIpc) is 3.47. The summed E-state index contributed by atoms with van der Waals surface area (Å²) in [6.07, 6.45) is 4.11. The average molecular weight is 378 g/mol. The summed E-state index contributed by atoms with van der Waals surface area (Å²) in [7, 11) is 0. The second kappa shape index (κ2) is 6.49. The van der Waals surface area contributed by atoms with Crippen LogP contribution in [0.2, 0.25) is 0 Å². The molecule has 0 bridgehead atoms. The monoisotopic (exact) mass is 378 g/mol. The van der Waals surface area contributed by atoms with Crippen LogP contribution in [-0.4, -0.2) is 32.1 Å². The number of hydrogen-bond donors (Lipinski definition) is 2. The van der Waals surface area contributed by atoms with Crippen LogP contribution in [0.3, 0.4) is 0 Å². The van der Waals surface area contributed by atoms with E-state index in [1.54, 1.807) is 29.8 Å². The second-order valence-electron chi connectivity index (χ2n) is 5.98. The van der Waals surface area contributed by atoms with Gasteiger partial charge in [-0.15, -0.1) is 11.3 Å². The van der Waals surface area contributed by atoms with Crippen LogP contribution in [0.5, 0.6) is 11.5 Å². The van der Waals surface area contributed by atoms with Crippen molar-refractivity contribution in [2.75, 3.05) is 6.79 Å². The lowest BCUT2D eigenvalue weighted by atomic mass is 10.0. The first-order valence-corrected chi connectivity index (χ1v) is 9.09. The highest BCUT2D eigenvalue weighted by Crippen LogP contribution is 2.42. The van der Waals surface area contributed by atoms with Crippen LogP contribution in [0.25, 0.3) is 21.1 Å². The van der Waals surface area contributed by atoms with Crippen molar-refractivity contribution in [3.63, 3.8) is 0 Å². The Morgan fingerprint density at radius 3 is 2.74 bits per heavy atom. The van der Waals surface area contributed by atoms with Crippen LogP contribution in [-0.2, 0) is 0 Å². The third-order valence-corrected chi connectivity index (χ3v) is 5.57. The molecule has 1 aliphatic rings. The number of thiophene rings is 1. The van der Waals surface area contributed by atoms with Crippen molar-refractivity contribution in [1.82, 2.24) is 20.2 Å². The van der Waals surface area contributed by atoms with E-state index in [0.717, 1.165) is 26.4 Å². The van der Waals surface area contributed by atoms with Crippen LogP contribution < -0.4 is 9.47 Å². The zero-order valence-electron chi connectivity index (χ0n) is 14.0. The molecule has 4 heterocycles. The highest BCUT2D eigenvalue weighted by atomic mass is 32.1. The Bertz CT molecular complexity index is 1080. The minimum atomic E-state index is -0.841. The third-order valence-electron chi connectivity index (χ3n) is 4.36. The Hall–Kier alpha value is -3.23. The molecular weight excluding hydrogens is 364 g/mol. The minimum absolute atomic E-state index is 0.197. The Morgan fingerprint density at radius 1 is 1.07 bits per heavy atom. The van der Waals surface area contributed by atoms with E-state index in [1.165, 1.54) is 6.33 Å². The number of fused-ring (bicyclic) bond motifs is 1. The Kier molecular flexibility index (Phi) is 3.84. The van der Waals surface area contributed by atoms with Crippen LogP contribution in [0.4, 0.5) is 0 Å². The van der Waals surface area contributed by atoms with E-state index < -0.39 is 6.10 Å². The number of aromatic nitrogens is 4. The number of nitrogens with one attached hydrogen (secondary N) is 1. The number of aliphatic hydroxyl groups excluding tert-OH is 1. The highest BCUT2D eigenvalue weighted by Gasteiger charge is 2.23. The molecule has 0 saturated carbocycles. The number of rotatable bonds is 4. The van der Waals surface area contributed by atoms with Crippen molar-refractivity contribution >= 4 is 11.3 Å². The third kappa shape index (κ3) is 2.84. The zero-order chi connectivity index (χ0) is 18.2. The molecule has 5 rings (SSSR count).